The minimum atomic E-state index is -0.0399. The van der Waals surface area contributed by atoms with Crippen LogP contribution in [0.15, 0.2) is 59.5 Å². The Kier molecular flexibility index (Phi) is 5.15. The van der Waals surface area contributed by atoms with Crippen LogP contribution in [0.4, 0.5) is 0 Å². The van der Waals surface area contributed by atoms with Crippen molar-refractivity contribution in [3.05, 3.63) is 65.0 Å². The second-order valence-electron chi connectivity index (χ2n) is 7.50. The van der Waals surface area contributed by atoms with Crippen molar-refractivity contribution >= 4 is 32.9 Å². The third kappa shape index (κ3) is 3.90. The topological polar surface area (TPSA) is 84.0 Å². The number of likely N-dealkylation sites (tertiary alicyclic amines) is 1. The number of nitrogens with one attached hydrogen (secondary N) is 1. The van der Waals surface area contributed by atoms with Crippen LogP contribution >= 0.6 is 15.9 Å². The fourth-order valence-corrected chi connectivity index (χ4v) is 4.28. The lowest BCUT2D eigenvalue weighted by atomic mass is 10.0. The Morgan fingerprint density at radius 2 is 2.13 bits per heavy atom. The van der Waals surface area contributed by atoms with E-state index in [1.807, 2.05) is 47.4 Å². The first-order valence-electron chi connectivity index (χ1n) is 10.1. The number of fused-ring (bicyclic) bond motifs is 1. The third-order valence-corrected chi connectivity index (χ3v) is 5.93. The van der Waals surface area contributed by atoms with E-state index < -0.39 is 0 Å². The van der Waals surface area contributed by atoms with E-state index in [1.165, 1.54) is 0 Å². The van der Waals surface area contributed by atoms with E-state index in [-0.39, 0.29) is 11.9 Å². The fourth-order valence-electron chi connectivity index (χ4n) is 4.04. The zero-order valence-electron chi connectivity index (χ0n) is 16.9. The zero-order valence-corrected chi connectivity index (χ0v) is 18.5. The van der Waals surface area contributed by atoms with Crippen molar-refractivity contribution in [2.75, 3.05) is 6.54 Å². The van der Waals surface area contributed by atoms with Gasteiger partial charge in [-0.1, -0.05) is 6.07 Å². The minimum absolute atomic E-state index is 0.0399. The van der Waals surface area contributed by atoms with Gasteiger partial charge in [0.2, 0.25) is 5.91 Å². The van der Waals surface area contributed by atoms with Gasteiger partial charge in [0.15, 0.2) is 5.82 Å². The number of benzene rings is 1. The van der Waals surface area contributed by atoms with E-state index in [2.05, 4.69) is 30.9 Å². The summed E-state index contributed by atoms with van der Waals surface area (Å²) < 4.78 is 6.97. The van der Waals surface area contributed by atoms with E-state index >= 15 is 0 Å². The monoisotopic (exact) mass is 477 g/mol. The first kappa shape index (κ1) is 19.7. The van der Waals surface area contributed by atoms with Gasteiger partial charge in [0, 0.05) is 31.3 Å². The lowest BCUT2D eigenvalue weighted by molar-refractivity contribution is -0.129. The summed E-state index contributed by atoms with van der Waals surface area (Å²) in [6, 6.07) is 13.3. The standard InChI is InChI=1S/C23H20BrN5O2/c1-14(30)29-10-4-6-20(29)16-11-18-19(28-23(27-18)17-5-2-3-9-25-17)12-21(16)31-15-7-8-22(24)26-13-15/h2-3,5,7-9,11-13,20H,4,6,10H2,1H3,(H,27,28). The summed E-state index contributed by atoms with van der Waals surface area (Å²) in [5, 5.41) is 0. The number of H-pyrrole nitrogens is 1. The van der Waals surface area contributed by atoms with E-state index in [4.69, 9.17) is 9.72 Å². The van der Waals surface area contributed by atoms with Crippen molar-refractivity contribution in [3.8, 4) is 23.0 Å². The Morgan fingerprint density at radius 3 is 2.87 bits per heavy atom. The van der Waals surface area contributed by atoms with Gasteiger partial charge >= 0.3 is 0 Å². The SMILES string of the molecule is CC(=O)N1CCCC1c1cc2[nH]c(-c3ccccn3)nc2cc1Oc1ccc(Br)nc1. The number of rotatable bonds is 4. The molecule has 1 unspecified atom stereocenters. The molecule has 1 saturated heterocycles. The Balaban J connectivity index is 1.62. The number of pyridine rings is 2. The van der Waals surface area contributed by atoms with Gasteiger partial charge in [0.1, 0.15) is 21.8 Å². The molecular weight excluding hydrogens is 458 g/mol. The zero-order chi connectivity index (χ0) is 21.4. The van der Waals surface area contributed by atoms with Gasteiger partial charge in [-0.05, 0) is 59.1 Å². The summed E-state index contributed by atoms with van der Waals surface area (Å²) in [5.74, 6) is 2.06. The molecule has 4 heterocycles. The Bertz CT molecular complexity index is 1240. The first-order valence-corrected chi connectivity index (χ1v) is 10.9. The molecule has 3 aromatic heterocycles. The average molecular weight is 478 g/mol. The summed E-state index contributed by atoms with van der Waals surface area (Å²) in [6.07, 6.45) is 5.26. The number of ether oxygens (including phenoxy) is 1. The molecule has 1 N–H and O–H groups in total. The number of aromatic amines is 1. The highest BCUT2D eigenvalue weighted by Gasteiger charge is 2.31. The Labute approximate surface area is 187 Å². The highest BCUT2D eigenvalue weighted by atomic mass is 79.9. The van der Waals surface area contributed by atoms with E-state index in [0.717, 1.165) is 46.3 Å². The number of halogens is 1. The number of hydrogen-bond acceptors (Lipinski definition) is 5. The highest BCUT2D eigenvalue weighted by Crippen LogP contribution is 2.41. The van der Waals surface area contributed by atoms with Crippen LogP contribution in [0.25, 0.3) is 22.6 Å². The molecule has 5 rings (SSSR count). The Morgan fingerprint density at radius 1 is 1.23 bits per heavy atom. The van der Waals surface area contributed by atoms with Crippen molar-refractivity contribution in [1.29, 1.82) is 0 Å². The molecule has 0 spiro atoms. The quantitative estimate of drug-likeness (QED) is 0.405. The van der Waals surface area contributed by atoms with Crippen LogP contribution < -0.4 is 4.74 Å². The van der Waals surface area contributed by atoms with Crippen molar-refractivity contribution in [3.63, 3.8) is 0 Å². The molecule has 0 bridgehead atoms. The van der Waals surface area contributed by atoms with Crippen LogP contribution in [0.2, 0.25) is 0 Å². The Hall–Kier alpha value is -3.26. The molecule has 156 valence electrons. The maximum Gasteiger partial charge on any atom is 0.219 e. The number of imidazole rings is 1. The van der Waals surface area contributed by atoms with Crippen LogP contribution in [0.1, 0.15) is 31.4 Å². The summed E-state index contributed by atoms with van der Waals surface area (Å²) in [4.78, 5) is 30.9. The molecule has 0 radical (unpaired) electrons. The molecule has 0 aliphatic carbocycles. The lowest BCUT2D eigenvalue weighted by Gasteiger charge is -2.25. The molecule has 1 aromatic carbocycles. The van der Waals surface area contributed by atoms with Crippen molar-refractivity contribution in [1.82, 2.24) is 24.8 Å². The predicted molar refractivity (Wildman–Crippen MR) is 121 cm³/mol. The van der Waals surface area contributed by atoms with Gasteiger partial charge in [-0.25, -0.2) is 9.97 Å². The number of aromatic nitrogens is 4. The summed E-state index contributed by atoms with van der Waals surface area (Å²) in [7, 11) is 0. The number of carbonyl (C=O) groups is 1. The molecule has 1 aliphatic heterocycles. The maximum absolute atomic E-state index is 12.2. The number of carbonyl (C=O) groups excluding carboxylic acids is 1. The molecule has 31 heavy (non-hydrogen) atoms. The van der Waals surface area contributed by atoms with Crippen LogP contribution in [0.5, 0.6) is 11.5 Å². The van der Waals surface area contributed by atoms with Gasteiger partial charge in [0.25, 0.3) is 0 Å². The van der Waals surface area contributed by atoms with Gasteiger partial charge in [0.05, 0.1) is 23.3 Å². The minimum Gasteiger partial charge on any atom is -0.455 e. The number of hydrogen-bond donors (Lipinski definition) is 1. The third-order valence-electron chi connectivity index (χ3n) is 5.47. The molecule has 1 amide bonds. The normalized spacial score (nSPS) is 16.1. The molecule has 1 fully saturated rings. The van der Waals surface area contributed by atoms with Crippen LogP contribution in [0.3, 0.4) is 0 Å². The first-order chi connectivity index (χ1) is 15.1. The van der Waals surface area contributed by atoms with Crippen molar-refractivity contribution < 1.29 is 9.53 Å². The van der Waals surface area contributed by atoms with Gasteiger partial charge in [-0.2, -0.15) is 0 Å². The maximum atomic E-state index is 12.2. The van der Waals surface area contributed by atoms with Crippen LogP contribution in [-0.4, -0.2) is 37.3 Å². The molecule has 1 atom stereocenters. The number of amides is 1. The van der Waals surface area contributed by atoms with Crippen molar-refractivity contribution in [2.45, 2.75) is 25.8 Å². The van der Waals surface area contributed by atoms with Gasteiger partial charge in [-0.15, -0.1) is 0 Å². The van der Waals surface area contributed by atoms with E-state index in [9.17, 15) is 4.79 Å². The molecule has 1 aliphatic rings. The molecular formula is C23H20BrN5O2. The van der Waals surface area contributed by atoms with Crippen molar-refractivity contribution in [2.24, 2.45) is 0 Å². The summed E-state index contributed by atoms with van der Waals surface area (Å²) >= 11 is 3.35. The largest absolute Gasteiger partial charge is 0.455 e. The number of nitrogens with zero attached hydrogens (tertiary/aromatic N) is 4. The summed E-state index contributed by atoms with van der Waals surface area (Å²) in [5.41, 5.74) is 3.38. The fraction of sp³-hybridized carbons (Fsp3) is 0.217. The molecule has 8 heteroatoms. The smallest absolute Gasteiger partial charge is 0.219 e. The van der Waals surface area contributed by atoms with Crippen LogP contribution in [0, 0.1) is 0 Å². The average Bonchev–Trinajstić information content (AvgIpc) is 3.42. The molecule has 4 aromatic rings. The molecule has 0 saturated carbocycles. The second-order valence-corrected chi connectivity index (χ2v) is 8.31. The van der Waals surface area contributed by atoms with E-state index in [1.54, 1.807) is 19.3 Å². The van der Waals surface area contributed by atoms with E-state index in [0.29, 0.717) is 17.3 Å². The lowest BCUT2D eigenvalue weighted by Crippen LogP contribution is -2.28. The molecule has 7 nitrogen and oxygen atoms in total. The highest BCUT2D eigenvalue weighted by molar-refractivity contribution is 9.10. The van der Waals surface area contributed by atoms with Gasteiger partial charge < -0.3 is 14.6 Å². The van der Waals surface area contributed by atoms with Crippen LogP contribution in [-0.2, 0) is 4.79 Å². The van der Waals surface area contributed by atoms with Gasteiger partial charge in [-0.3, -0.25) is 9.78 Å². The predicted octanol–water partition coefficient (Wildman–Crippen LogP) is 5.26. The second kappa shape index (κ2) is 8.11. The summed E-state index contributed by atoms with van der Waals surface area (Å²) in [6.45, 7) is 2.37.